The Balaban J connectivity index is 1.69. The molecule has 5 heteroatoms. The van der Waals surface area contributed by atoms with E-state index >= 15 is 0 Å². The van der Waals surface area contributed by atoms with Crippen LogP contribution in [0.15, 0.2) is 24.3 Å². The minimum absolute atomic E-state index is 0.153. The van der Waals surface area contributed by atoms with Crippen LogP contribution in [-0.4, -0.2) is 61.6 Å². The van der Waals surface area contributed by atoms with E-state index in [2.05, 4.69) is 29.2 Å². The number of hydrogen-bond acceptors (Lipinski definition) is 4. The Labute approximate surface area is 125 Å². The molecular formula is C16H23N3O2. The summed E-state index contributed by atoms with van der Waals surface area (Å²) < 4.78 is 5.30. The molecule has 114 valence electrons. The number of benzene rings is 1. The summed E-state index contributed by atoms with van der Waals surface area (Å²) in [5.41, 5.74) is 8.62. The molecule has 1 atom stereocenters. The number of nitrogens with two attached hydrogens (primary N) is 1. The molecule has 3 rings (SSSR count). The molecule has 0 radical (unpaired) electrons. The van der Waals surface area contributed by atoms with Crippen molar-refractivity contribution in [3.63, 3.8) is 0 Å². The minimum atomic E-state index is 0.153. The number of fused-ring (bicyclic) bond motifs is 1. The normalized spacial score (nSPS) is 22.9. The monoisotopic (exact) mass is 289 g/mol. The second-order valence-electron chi connectivity index (χ2n) is 5.66. The average Bonchev–Trinajstić information content (AvgIpc) is 2.55. The highest BCUT2D eigenvalue weighted by Crippen LogP contribution is 2.28. The van der Waals surface area contributed by atoms with Crippen LogP contribution in [0.5, 0.6) is 0 Å². The Morgan fingerprint density at radius 3 is 2.76 bits per heavy atom. The van der Waals surface area contributed by atoms with Crippen LogP contribution in [0.2, 0.25) is 0 Å². The maximum atomic E-state index is 12.4. The van der Waals surface area contributed by atoms with Gasteiger partial charge in [0.1, 0.15) is 0 Å². The quantitative estimate of drug-likeness (QED) is 0.875. The number of carbonyl (C=O) groups excluding carboxylic acids is 1. The van der Waals surface area contributed by atoms with Crippen LogP contribution in [0, 0.1) is 0 Å². The van der Waals surface area contributed by atoms with Gasteiger partial charge in [-0.3, -0.25) is 9.69 Å². The number of rotatable bonds is 3. The van der Waals surface area contributed by atoms with Crippen molar-refractivity contribution in [1.82, 2.24) is 9.80 Å². The fraction of sp³-hybridized carbons (Fsp3) is 0.562. The first-order valence-electron chi connectivity index (χ1n) is 7.67. The van der Waals surface area contributed by atoms with Gasteiger partial charge in [-0.2, -0.15) is 0 Å². The molecule has 21 heavy (non-hydrogen) atoms. The van der Waals surface area contributed by atoms with Crippen molar-refractivity contribution in [3.05, 3.63) is 35.4 Å². The Kier molecular flexibility index (Phi) is 4.53. The van der Waals surface area contributed by atoms with Gasteiger partial charge in [0.05, 0.1) is 19.8 Å². The van der Waals surface area contributed by atoms with E-state index in [1.807, 2.05) is 4.90 Å². The summed E-state index contributed by atoms with van der Waals surface area (Å²) in [4.78, 5) is 16.6. The highest BCUT2D eigenvalue weighted by molar-refractivity contribution is 5.78. The molecule has 2 heterocycles. The molecule has 1 fully saturated rings. The third-order valence-electron chi connectivity index (χ3n) is 4.45. The first-order chi connectivity index (χ1) is 10.3. The van der Waals surface area contributed by atoms with Crippen LogP contribution < -0.4 is 5.73 Å². The van der Waals surface area contributed by atoms with E-state index in [4.69, 9.17) is 10.5 Å². The third kappa shape index (κ3) is 3.10. The van der Waals surface area contributed by atoms with E-state index in [0.29, 0.717) is 39.4 Å². The van der Waals surface area contributed by atoms with Gasteiger partial charge in [-0.25, -0.2) is 0 Å². The molecule has 1 unspecified atom stereocenters. The summed E-state index contributed by atoms with van der Waals surface area (Å²) in [5, 5.41) is 0. The van der Waals surface area contributed by atoms with Crippen molar-refractivity contribution in [2.24, 2.45) is 5.73 Å². The lowest BCUT2D eigenvalue weighted by Crippen LogP contribution is -2.48. The number of nitrogens with zero attached hydrogens (tertiary/aromatic N) is 2. The van der Waals surface area contributed by atoms with E-state index in [9.17, 15) is 4.79 Å². The average molecular weight is 289 g/mol. The van der Waals surface area contributed by atoms with Gasteiger partial charge in [-0.05, 0) is 17.5 Å². The van der Waals surface area contributed by atoms with Crippen molar-refractivity contribution in [1.29, 1.82) is 0 Å². The Bertz CT molecular complexity index is 500. The fourth-order valence-corrected chi connectivity index (χ4v) is 3.26. The first-order valence-corrected chi connectivity index (χ1v) is 7.67. The molecule has 2 aliphatic heterocycles. The van der Waals surface area contributed by atoms with Gasteiger partial charge >= 0.3 is 0 Å². The standard InChI is InChI=1S/C16H23N3O2/c17-11-15-14-4-2-1-3-13(14)5-6-19(15)12-16(20)18-7-9-21-10-8-18/h1-4,15H,5-12,17H2. The molecule has 0 bridgehead atoms. The van der Waals surface area contributed by atoms with Gasteiger partial charge in [0.2, 0.25) is 5.91 Å². The molecular weight excluding hydrogens is 266 g/mol. The maximum absolute atomic E-state index is 12.4. The van der Waals surface area contributed by atoms with E-state index in [1.165, 1.54) is 11.1 Å². The Morgan fingerprint density at radius 1 is 1.24 bits per heavy atom. The van der Waals surface area contributed by atoms with E-state index in [0.717, 1.165) is 13.0 Å². The first kappa shape index (κ1) is 14.5. The molecule has 1 aromatic rings. The van der Waals surface area contributed by atoms with Crippen molar-refractivity contribution < 1.29 is 9.53 Å². The highest BCUT2D eigenvalue weighted by atomic mass is 16.5. The van der Waals surface area contributed by atoms with Crippen LogP contribution in [-0.2, 0) is 16.0 Å². The lowest BCUT2D eigenvalue weighted by Gasteiger charge is -2.38. The topological polar surface area (TPSA) is 58.8 Å². The van der Waals surface area contributed by atoms with Crippen molar-refractivity contribution >= 4 is 5.91 Å². The minimum Gasteiger partial charge on any atom is -0.378 e. The summed E-state index contributed by atoms with van der Waals surface area (Å²) >= 11 is 0. The number of ether oxygens (including phenoxy) is 1. The number of hydrogen-bond donors (Lipinski definition) is 1. The van der Waals surface area contributed by atoms with Crippen LogP contribution in [0.25, 0.3) is 0 Å². The predicted molar refractivity (Wildman–Crippen MR) is 80.9 cm³/mol. The molecule has 2 N–H and O–H groups in total. The molecule has 2 aliphatic rings. The van der Waals surface area contributed by atoms with E-state index in [-0.39, 0.29) is 11.9 Å². The summed E-state index contributed by atoms with van der Waals surface area (Å²) in [7, 11) is 0. The Morgan fingerprint density at radius 2 is 2.00 bits per heavy atom. The fourth-order valence-electron chi connectivity index (χ4n) is 3.26. The SMILES string of the molecule is NCC1c2ccccc2CCN1CC(=O)N1CCOCC1. The number of amides is 1. The zero-order chi connectivity index (χ0) is 14.7. The van der Waals surface area contributed by atoms with Gasteiger partial charge in [-0.1, -0.05) is 24.3 Å². The smallest absolute Gasteiger partial charge is 0.236 e. The molecule has 0 aliphatic carbocycles. The highest BCUT2D eigenvalue weighted by Gasteiger charge is 2.29. The molecule has 1 amide bonds. The van der Waals surface area contributed by atoms with Crippen LogP contribution in [0.3, 0.4) is 0 Å². The van der Waals surface area contributed by atoms with Crippen LogP contribution >= 0.6 is 0 Å². The van der Waals surface area contributed by atoms with Gasteiger partial charge in [-0.15, -0.1) is 0 Å². The second kappa shape index (κ2) is 6.56. The van der Waals surface area contributed by atoms with E-state index in [1.54, 1.807) is 0 Å². The number of morpholine rings is 1. The van der Waals surface area contributed by atoms with E-state index < -0.39 is 0 Å². The summed E-state index contributed by atoms with van der Waals surface area (Å²) in [5.74, 6) is 0.191. The lowest BCUT2D eigenvalue weighted by atomic mass is 9.92. The molecule has 0 saturated carbocycles. The molecule has 0 spiro atoms. The summed E-state index contributed by atoms with van der Waals surface area (Å²) in [6, 6.07) is 8.58. The molecule has 1 aromatic carbocycles. The van der Waals surface area contributed by atoms with Gasteiger partial charge in [0.15, 0.2) is 0 Å². The van der Waals surface area contributed by atoms with Gasteiger partial charge in [0.25, 0.3) is 0 Å². The molecule has 5 nitrogen and oxygen atoms in total. The predicted octanol–water partition coefficient (Wildman–Crippen LogP) is 0.403. The summed E-state index contributed by atoms with van der Waals surface area (Å²) in [6.45, 7) is 4.61. The van der Waals surface area contributed by atoms with Crippen molar-refractivity contribution in [3.8, 4) is 0 Å². The van der Waals surface area contributed by atoms with Crippen LogP contribution in [0.4, 0.5) is 0 Å². The third-order valence-corrected chi connectivity index (χ3v) is 4.45. The molecule has 0 aromatic heterocycles. The van der Waals surface area contributed by atoms with Gasteiger partial charge in [0, 0.05) is 32.2 Å². The van der Waals surface area contributed by atoms with Crippen LogP contribution in [0.1, 0.15) is 17.2 Å². The second-order valence-corrected chi connectivity index (χ2v) is 5.66. The maximum Gasteiger partial charge on any atom is 0.236 e. The van der Waals surface area contributed by atoms with Gasteiger partial charge < -0.3 is 15.4 Å². The largest absolute Gasteiger partial charge is 0.378 e. The zero-order valence-electron chi connectivity index (χ0n) is 12.3. The Hall–Kier alpha value is -1.43. The number of carbonyl (C=O) groups is 1. The summed E-state index contributed by atoms with van der Waals surface area (Å²) in [6.07, 6.45) is 0.989. The van der Waals surface area contributed by atoms with Crippen molar-refractivity contribution in [2.75, 3.05) is 45.9 Å². The zero-order valence-corrected chi connectivity index (χ0v) is 12.3. The lowest BCUT2D eigenvalue weighted by molar-refractivity contribution is -0.137. The van der Waals surface area contributed by atoms with Crippen molar-refractivity contribution in [2.45, 2.75) is 12.5 Å². The molecule has 1 saturated heterocycles.